The molecule has 0 heterocycles. The third-order valence-corrected chi connectivity index (χ3v) is 3.15. The van der Waals surface area contributed by atoms with Crippen LogP contribution in [0.15, 0.2) is 12.2 Å². The van der Waals surface area contributed by atoms with Crippen LogP contribution in [0.5, 0.6) is 0 Å². The molecular formula is C8H13N. The van der Waals surface area contributed by atoms with E-state index in [1.807, 2.05) is 0 Å². The van der Waals surface area contributed by atoms with E-state index in [0.717, 1.165) is 0 Å². The lowest BCUT2D eigenvalue weighted by Gasteiger charge is -2.01. The Hall–Kier alpha value is -0.300. The Morgan fingerprint density at radius 3 is 2.67 bits per heavy atom. The highest BCUT2D eigenvalue weighted by atomic mass is 14.9. The highest BCUT2D eigenvalue weighted by Crippen LogP contribution is 2.63. The van der Waals surface area contributed by atoms with E-state index >= 15 is 0 Å². The Kier molecular flexibility index (Phi) is 0.755. The molecule has 2 fully saturated rings. The minimum absolute atomic E-state index is 0.443. The summed E-state index contributed by atoms with van der Waals surface area (Å²) in [7, 11) is 0. The predicted molar refractivity (Wildman–Crippen MR) is 37.9 cm³/mol. The summed E-state index contributed by atoms with van der Waals surface area (Å²) in [6.45, 7) is 6.27. The number of hydrogen-bond donors (Lipinski definition) is 1. The van der Waals surface area contributed by atoms with Crippen LogP contribution in [0, 0.1) is 11.3 Å². The van der Waals surface area contributed by atoms with Gasteiger partial charge in [-0.25, -0.2) is 0 Å². The molecule has 50 valence electrons. The highest BCUT2D eigenvalue weighted by molar-refractivity contribution is 5.31. The number of fused-ring (bicyclic) bond motifs is 1. The summed E-state index contributed by atoms with van der Waals surface area (Å²) in [5.41, 5.74) is 7.70. The zero-order chi connectivity index (χ0) is 6.65. The van der Waals surface area contributed by atoms with Crippen LogP contribution in [-0.4, -0.2) is 6.04 Å². The summed E-state index contributed by atoms with van der Waals surface area (Å²) >= 11 is 0. The zero-order valence-corrected chi connectivity index (χ0v) is 5.85. The van der Waals surface area contributed by atoms with Crippen molar-refractivity contribution in [3.05, 3.63) is 12.2 Å². The Morgan fingerprint density at radius 2 is 2.44 bits per heavy atom. The van der Waals surface area contributed by atoms with Gasteiger partial charge in [-0.1, -0.05) is 19.1 Å². The second kappa shape index (κ2) is 1.24. The Morgan fingerprint density at radius 1 is 1.78 bits per heavy atom. The fourth-order valence-electron chi connectivity index (χ4n) is 2.23. The molecular weight excluding hydrogens is 110 g/mol. The fraction of sp³-hybridized carbons (Fsp3) is 0.750. The van der Waals surface area contributed by atoms with Gasteiger partial charge in [0.1, 0.15) is 0 Å². The maximum absolute atomic E-state index is 5.84. The number of nitrogens with two attached hydrogens (primary N) is 1. The van der Waals surface area contributed by atoms with Crippen molar-refractivity contribution in [3.8, 4) is 0 Å². The van der Waals surface area contributed by atoms with Gasteiger partial charge in [-0.15, -0.1) is 0 Å². The van der Waals surface area contributed by atoms with E-state index in [9.17, 15) is 0 Å². The summed E-state index contributed by atoms with van der Waals surface area (Å²) < 4.78 is 0. The van der Waals surface area contributed by atoms with Gasteiger partial charge < -0.3 is 5.73 Å². The second-order valence-corrected chi connectivity index (χ2v) is 3.67. The maximum atomic E-state index is 5.84. The van der Waals surface area contributed by atoms with Crippen molar-refractivity contribution in [1.29, 1.82) is 0 Å². The molecule has 0 aliphatic heterocycles. The van der Waals surface area contributed by atoms with E-state index in [1.54, 1.807) is 0 Å². The summed E-state index contributed by atoms with van der Waals surface area (Å²) in [6, 6.07) is 0.443. The van der Waals surface area contributed by atoms with Crippen molar-refractivity contribution >= 4 is 0 Å². The molecule has 1 nitrogen and oxygen atoms in total. The van der Waals surface area contributed by atoms with Crippen LogP contribution in [0.25, 0.3) is 0 Å². The lowest BCUT2D eigenvalue weighted by molar-refractivity contribution is 0.523. The minimum atomic E-state index is 0.443. The van der Waals surface area contributed by atoms with Gasteiger partial charge in [0, 0.05) is 12.0 Å². The lowest BCUT2D eigenvalue weighted by Crippen LogP contribution is -2.11. The van der Waals surface area contributed by atoms with E-state index < -0.39 is 0 Å². The van der Waals surface area contributed by atoms with E-state index in [2.05, 4.69) is 13.5 Å². The third kappa shape index (κ3) is 0.445. The minimum Gasteiger partial charge on any atom is -0.327 e. The van der Waals surface area contributed by atoms with Crippen LogP contribution in [0.2, 0.25) is 0 Å². The van der Waals surface area contributed by atoms with Crippen LogP contribution in [0.1, 0.15) is 19.8 Å². The number of hydrogen-bond acceptors (Lipinski definition) is 1. The molecule has 2 rings (SSSR count). The largest absolute Gasteiger partial charge is 0.327 e. The van der Waals surface area contributed by atoms with E-state index in [1.165, 1.54) is 18.4 Å². The van der Waals surface area contributed by atoms with Crippen molar-refractivity contribution in [1.82, 2.24) is 0 Å². The van der Waals surface area contributed by atoms with Crippen molar-refractivity contribution in [2.75, 3.05) is 0 Å². The van der Waals surface area contributed by atoms with Gasteiger partial charge in [-0.2, -0.15) is 0 Å². The molecule has 2 N–H and O–H groups in total. The first-order valence-corrected chi connectivity index (χ1v) is 3.59. The molecule has 1 unspecified atom stereocenters. The van der Waals surface area contributed by atoms with Crippen molar-refractivity contribution in [2.45, 2.75) is 25.8 Å². The molecule has 0 radical (unpaired) electrons. The lowest BCUT2D eigenvalue weighted by atomic mass is 10.1. The molecule has 0 saturated heterocycles. The standard InChI is InChI=1S/C8H13N/c1-5-3-4-8(2)6(5)7(8)9/h6-7H,1,3-4,9H2,2H3/t6-,7+,8?/m0/s1. The van der Waals surface area contributed by atoms with Crippen LogP contribution < -0.4 is 5.73 Å². The molecule has 9 heavy (non-hydrogen) atoms. The predicted octanol–water partition coefficient (Wildman–Crippen LogP) is 1.30. The van der Waals surface area contributed by atoms with Crippen molar-refractivity contribution < 1.29 is 0 Å². The van der Waals surface area contributed by atoms with E-state index in [-0.39, 0.29) is 0 Å². The normalized spacial score (nSPS) is 55.6. The molecule has 2 aliphatic rings. The topological polar surface area (TPSA) is 26.0 Å². The number of rotatable bonds is 0. The molecule has 3 atom stereocenters. The Labute approximate surface area is 55.9 Å². The first kappa shape index (κ1) is 5.48. The first-order chi connectivity index (χ1) is 4.16. The fourth-order valence-corrected chi connectivity index (χ4v) is 2.23. The van der Waals surface area contributed by atoms with Crippen molar-refractivity contribution in [3.63, 3.8) is 0 Å². The highest BCUT2D eigenvalue weighted by Gasteiger charge is 2.63. The summed E-state index contributed by atoms with van der Waals surface area (Å²) in [6.07, 6.45) is 2.49. The molecule has 0 aromatic rings. The SMILES string of the molecule is C=C1CCC2(C)[C@H](N)[C@H]12. The monoisotopic (exact) mass is 123 g/mol. The molecule has 0 amide bonds. The summed E-state index contributed by atoms with van der Waals surface area (Å²) in [5, 5.41) is 0. The van der Waals surface area contributed by atoms with Crippen LogP contribution in [0.4, 0.5) is 0 Å². The van der Waals surface area contributed by atoms with Gasteiger partial charge in [-0.3, -0.25) is 0 Å². The molecule has 0 bridgehead atoms. The Bertz CT molecular complexity index is 173. The molecule has 2 saturated carbocycles. The smallest absolute Gasteiger partial charge is 0.0171 e. The van der Waals surface area contributed by atoms with Gasteiger partial charge in [0.25, 0.3) is 0 Å². The van der Waals surface area contributed by atoms with Gasteiger partial charge in [0.15, 0.2) is 0 Å². The molecule has 0 aromatic carbocycles. The molecule has 1 heteroatoms. The first-order valence-electron chi connectivity index (χ1n) is 3.59. The van der Waals surface area contributed by atoms with Gasteiger partial charge >= 0.3 is 0 Å². The average molecular weight is 123 g/mol. The van der Waals surface area contributed by atoms with E-state index in [4.69, 9.17) is 5.73 Å². The molecule has 0 aromatic heterocycles. The van der Waals surface area contributed by atoms with Gasteiger partial charge in [-0.05, 0) is 18.3 Å². The van der Waals surface area contributed by atoms with Crippen LogP contribution >= 0.6 is 0 Å². The summed E-state index contributed by atoms with van der Waals surface area (Å²) in [5.74, 6) is 0.678. The van der Waals surface area contributed by atoms with E-state index in [0.29, 0.717) is 17.4 Å². The van der Waals surface area contributed by atoms with Crippen molar-refractivity contribution in [2.24, 2.45) is 17.1 Å². The second-order valence-electron chi connectivity index (χ2n) is 3.67. The molecule has 0 spiro atoms. The average Bonchev–Trinajstić information content (AvgIpc) is 2.13. The quantitative estimate of drug-likeness (QED) is 0.483. The zero-order valence-electron chi connectivity index (χ0n) is 5.85. The third-order valence-electron chi connectivity index (χ3n) is 3.15. The Balaban J connectivity index is 2.27. The maximum Gasteiger partial charge on any atom is 0.0171 e. The molecule has 2 aliphatic carbocycles. The summed E-state index contributed by atoms with van der Waals surface area (Å²) in [4.78, 5) is 0. The van der Waals surface area contributed by atoms with Crippen LogP contribution in [-0.2, 0) is 0 Å². The van der Waals surface area contributed by atoms with Crippen LogP contribution in [0.3, 0.4) is 0 Å². The van der Waals surface area contributed by atoms with Gasteiger partial charge in [0.2, 0.25) is 0 Å². The van der Waals surface area contributed by atoms with Gasteiger partial charge in [0.05, 0.1) is 0 Å².